The quantitative estimate of drug-likeness (QED) is 0.849. The van der Waals surface area contributed by atoms with Gasteiger partial charge in [0.1, 0.15) is 0 Å². The molecule has 0 fully saturated rings. The van der Waals surface area contributed by atoms with E-state index in [1.807, 2.05) is 0 Å². The van der Waals surface area contributed by atoms with Crippen molar-refractivity contribution in [2.75, 3.05) is 12.4 Å². The van der Waals surface area contributed by atoms with E-state index >= 15 is 0 Å². The predicted molar refractivity (Wildman–Crippen MR) is 82.6 cm³/mol. The van der Waals surface area contributed by atoms with Gasteiger partial charge >= 0.3 is 5.97 Å². The maximum Gasteiger partial charge on any atom is 0.337 e. The van der Waals surface area contributed by atoms with Gasteiger partial charge in [0.25, 0.3) is 5.56 Å². The van der Waals surface area contributed by atoms with Crippen LogP contribution in [0, 0.1) is 0 Å². The van der Waals surface area contributed by atoms with Crippen LogP contribution < -0.4 is 10.9 Å². The summed E-state index contributed by atoms with van der Waals surface area (Å²) in [7, 11) is 1.34. The van der Waals surface area contributed by atoms with Gasteiger partial charge in [-0.15, -0.1) is 0 Å². The number of esters is 1. The summed E-state index contributed by atoms with van der Waals surface area (Å²) in [5, 5.41) is 3.04. The minimum atomic E-state index is -0.407. The molecular formula is C16H17N3O3. The van der Waals surface area contributed by atoms with Crippen LogP contribution in [0.15, 0.2) is 29.1 Å². The van der Waals surface area contributed by atoms with E-state index in [-0.39, 0.29) is 5.56 Å². The lowest BCUT2D eigenvalue weighted by atomic mass is 9.97. The van der Waals surface area contributed by atoms with E-state index in [0.717, 1.165) is 36.9 Å². The molecule has 0 radical (unpaired) electrons. The Bertz CT molecular complexity index is 767. The Hall–Kier alpha value is -2.63. The van der Waals surface area contributed by atoms with Crippen molar-refractivity contribution in [1.29, 1.82) is 0 Å². The molecule has 2 aromatic rings. The summed E-state index contributed by atoms with van der Waals surface area (Å²) >= 11 is 0. The molecule has 1 aliphatic carbocycles. The number of hydrogen-bond acceptors (Lipinski definition) is 5. The highest BCUT2D eigenvalue weighted by Crippen LogP contribution is 2.19. The molecule has 114 valence electrons. The van der Waals surface area contributed by atoms with Crippen molar-refractivity contribution in [3.63, 3.8) is 0 Å². The van der Waals surface area contributed by atoms with Gasteiger partial charge in [0.05, 0.1) is 18.4 Å². The Morgan fingerprint density at radius 1 is 1.32 bits per heavy atom. The highest BCUT2D eigenvalue weighted by atomic mass is 16.5. The fourth-order valence-electron chi connectivity index (χ4n) is 2.64. The van der Waals surface area contributed by atoms with Gasteiger partial charge in [-0.1, -0.05) is 6.07 Å². The lowest BCUT2D eigenvalue weighted by Crippen LogP contribution is -2.22. The Morgan fingerprint density at radius 3 is 2.95 bits per heavy atom. The Morgan fingerprint density at radius 2 is 2.14 bits per heavy atom. The fourth-order valence-corrected chi connectivity index (χ4v) is 2.64. The van der Waals surface area contributed by atoms with Crippen molar-refractivity contribution in [3.05, 3.63) is 51.4 Å². The molecule has 2 N–H and O–H groups in total. The zero-order valence-electron chi connectivity index (χ0n) is 12.3. The molecule has 0 spiro atoms. The number of carbonyl (C=O) groups excluding carboxylic acids is 1. The molecule has 1 heterocycles. The zero-order valence-corrected chi connectivity index (χ0v) is 12.3. The number of carbonyl (C=O) groups is 1. The first kappa shape index (κ1) is 14.3. The number of benzene rings is 1. The van der Waals surface area contributed by atoms with Gasteiger partial charge in [0, 0.05) is 11.3 Å². The minimum Gasteiger partial charge on any atom is -0.465 e. The number of fused-ring (bicyclic) bond motifs is 1. The van der Waals surface area contributed by atoms with E-state index < -0.39 is 5.97 Å². The number of nitrogens with one attached hydrogen (secondary N) is 2. The summed E-state index contributed by atoms with van der Waals surface area (Å²) in [4.78, 5) is 30.9. The topological polar surface area (TPSA) is 84.1 Å². The van der Waals surface area contributed by atoms with E-state index in [1.54, 1.807) is 24.3 Å². The zero-order chi connectivity index (χ0) is 15.5. The second-order valence-corrected chi connectivity index (χ2v) is 5.24. The smallest absolute Gasteiger partial charge is 0.337 e. The lowest BCUT2D eigenvalue weighted by molar-refractivity contribution is 0.0601. The number of ether oxygens (including phenoxy) is 1. The van der Waals surface area contributed by atoms with Crippen LogP contribution in [0.5, 0.6) is 0 Å². The largest absolute Gasteiger partial charge is 0.465 e. The van der Waals surface area contributed by atoms with Crippen LogP contribution in [-0.4, -0.2) is 23.0 Å². The molecule has 0 unspecified atom stereocenters. The first-order chi connectivity index (χ1) is 10.7. The second-order valence-electron chi connectivity index (χ2n) is 5.24. The summed E-state index contributed by atoms with van der Waals surface area (Å²) in [6.45, 7) is 0. The van der Waals surface area contributed by atoms with Crippen LogP contribution in [0.4, 0.5) is 11.6 Å². The summed E-state index contributed by atoms with van der Waals surface area (Å²) in [6.07, 6.45) is 3.71. The first-order valence-corrected chi connectivity index (χ1v) is 7.25. The molecule has 1 aromatic carbocycles. The standard InChI is InChI=1S/C16H17N3O3/c1-22-15(21)10-5-4-6-11(9-10)17-16-18-13-8-3-2-7-12(13)14(20)19-16/h4-6,9H,2-3,7-8H2,1H3,(H2,17,18,19,20). The third-order valence-electron chi connectivity index (χ3n) is 3.74. The molecule has 1 aliphatic rings. The summed E-state index contributed by atoms with van der Waals surface area (Å²) in [6, 6.07) is 6.86. The number of rotatable bonds is 3. The first-order valence-electron chi connectivity index (χ1n) is 7.25. The molecule has 1 aromatic heterocycles. The van der Waals surface area contributed by atoms with Gasteiger partial charge in [0.15, 0.2) is 0 Å². The van der Waals surface area contributed by atoms with E-state index in [9.17, 15) is 9.59 Å². The number of aromatic amines is 1. The molecule has 3 rings (SSSR count). The molecule has 22 heavy (non-hydrogen) atoms. The van der Waals surface area contributed by atoms with Crippen molar-refractivity contribution < 1.29 is 9.53 Å². The van der Waals surface area contributed by atoms with Gasteiger partial charge in [-0.05, 0) is 43.9 Å². The van der Waals surface area contributed by atoms with Gasteiger partial charge in [0.2, 0.25) is 5.95 Å². The Kier molecular flexibility index (Phi) is 3.91. The molecule has 0 aliphatic heterocycles. The highest BCUT2D eigenvalue weighted by molar-refractivity contribution is 5.90. The van der Waals surface area contributed by atoms with E-state index in [0.29, 0.717) is 17.2 Å². The van der Waals surface area contributed by atoms with Crippen LogP contribution in [0.1, 0.15) is 34.5 Å². The molecule has 0 bridgehead atoms. The average Bonchev–Trinajstić information content (AvgIpc) is 2.54. The maximum atomic E-state index is 12.1. The number of H-pyrrole nitrogens is 1. The molecule has 6 heteroatoms. The van der Waals surface area contributed by atoms with Gasteiger partial charge in [-0.2, -0.15) is 0 Å². The van der Waals surface area contributed by atoms with Gasteiger partial charge in [-0.3, -0.25) is 9.78 Å². The second kappa shape index (κ2) is 6.01. The average molecular weight is 299 g/mol. The van der Waals surface area contributed by atoms with Gasteiger partial charge < -0.3 is 10.1 Å². The van der Waals surface area contributed by atoms with Crippen LogP contribution in [0.2, 0.25) is 0 Å². The number of methoxy groups -OCH3 is 1. The van der Waals surface area contributed by atoms with E-state index in [2.05, 4.69) is 15.3 Å². The molecule has 0 atom stereocenters. The molecular weight excluding hydrogens is 282 g/mol. The van der Waals surface area contributed by atoms with E-state index in [4.69, 9.17) is 4.74 Å². The van der Waals surface area contributed by atoms with Crippen molar-refractivity contribution in [3.8, 4) is 0 Å². The van der Waals surface area contributed by atoms with Crippen molar-refractivity contribution in [2.24, 2.45) is 0 Å². The Labute approximate surface area is 127 Å². The normalized spacial score (nSPS) is 13.3. The SMILES string of the molecule is COC(=O)c1cccc(Nc2nc3c(c(=O)[nH]2)CCCC3)c1. The number of aromatic nitrogens is 2. The van der Waals surface area contributed by atoms with Crippen LogP contribution in [-0.2, 0) is 17.6 Å². The number of nitrogens with zero attached hydrogens (tertiary/aromatic N) is 1. The summed E-state index contributed by atoms with van der Waals surface area (Å²) in [5.74, 6) is -0.0109. The fraction of sp³-hybridized carbons (Fsp3) is 0.312. The summed E-state index contributed by atoms with van der Waals surface area (Å²) in [5.41, 5.74) is 2.67. The molecule has 6 nitrogen and oxygen atoms in total. The predicted octanol–water partition coefficient (Wildman–Crippen LogP) is 2.18. The van der Waals surface area contributed by atoms with E-state index in [1.165, 1.54) is 7.11 Å². The van der Waals surface area contributed by atoms with Crippen molar-refractivity contribution in [2.45, 2.75) is 25.7 Å². The number of hydrogen-bond donors (Lipinski definition) is 2. The third kappa shape index (κ3) is 2.86. The molecule has 0 saturated heterocycles. The van der Waals surface area contributed by atoms with Crippen LogP contribution in [0.25, 0.3) is 0 Å². The lowest BCUT2D eigenvalue weighted by Gasteiger charge is -2.15. The summed E-state index contributed by atoms with van der Waals surface area (Å²) < 4.78 is 4.69. The minimum absolute atomic E-state index is 0.0867. The monoisotopic (exact) mass is 299 g/mol. The number of anilines is 2. The Balaban J connectivity index is 1.89. The molecule has 0 saturated carbocycles. The van der Waals surface area contributed by atoms with Crippen LogP contribution >= 0.6 is 0 Å². The van der Waals surface area contributed by atoms with Crippen LogP contribution in [0.3, 0.4) is 0 Å². The van der Waals surface area contributed by atoms with Crippen molar-refractivity contribution in [1.82, 2.24) is 9.97 Å². The maximum absolute atomic E-state index is 12.1. The number of aryl methyl sites for hydroxylation is 1. The highest BCUT2D eigenvalue weighted by Gasteiger charge is 2.15. The molecule has 0 amide bonds. The van der Waals surface area contributed by atoms with Gasteiger partial charge in [-0.25, -0.2) is 9.78 Å². The van der Waals surface area contributed by atoms with Crippen molar-refractivity contribution >= 4 is 17.6 Å². The third-order valence-corrected chi connectivity index (χ3v) is 3.74.